The Kier molecular flexibility index (Phi) is 5.44. The third-order valence-electron chi connectivity index (χ3n) is 4.42. The number of rotatable bonds is 6. The molecule has 11 nitrogen and oxygen atoms in total. The van der Waals surface area contributed by atoms with Crippen molar-refractivity contribution in [1.82, 2.24) is 9.55 Å². The molecule has 1 fully saturated rings. The van der Waals surface area contributed by atoms with Gasteiger partial charge in [0.15, 0.2) is 0 Å². The number of nitrogens with zero attached hydrogens (tertiary/aromatic N) is 1. The van der Waals surface area contributed by atoms with Gasteiger partial charge in [-0.25, -0.2) is 4.79 Å². The zero-order chi connectivity index (χ0) is 18.9. The quantitative estimate of drug-likeness (QED) is 0.302. The van der Waals surface area contributed by atoms with Crippen molar-refractivity contribution >= 4 is 5.97 Å². The fourth-order valence-electron chi connectivity index (χ4n) is 2.81. The molecule has 11 heteroatoms. The van der Waals surface area contributed by atoms with E-state index in [9.17, 15) is 29.7 Å². The molecule has 0 bridgehead atoms. The van der Waals surface area contributed by atoms with E-state index in [0.29, 0.717) is 0 Å². The number of hydrogen-bond acceptors (Lipinski definition) is 8. The molecule has 5 atom stereocenters. The normalized spacial score (nSPS) is 30.4. The summed E-state index contributed by atoms with van der Waals surface area (Å²) in [4.78, 5) is 37.6. The molecule has 1 aliphatic heterocycles. The molecule has 140 valence electrons. The summed E-state index contributed by atoms with van der Waals surface area (Å²) < 4.78 is 6.19. The Balaban J connectivity index is 2.41. The van der Waals surface area contributed by atoms with Crippen LogP contribution in [0.3, 0.4) is 0 Å². The van der Waals surface area contributed by atoms with Crippen molar-refractivity contribution < 1.29 is 30.0 Å². The molecule has 0 saturated carbocycles. The van der Waals surface area contributed by atoms with Gasteiger partial charge in [0.05, 0.1) is 12.2 Å². The van der Waals surface area contributed by atoms with Crippen LogP contribution < -0.4 is 17.0 Å². The predicted molar refractivity (Wildman–Crippen MR) is 82.9 cm³/mol. The minimum atomic E-state index is -1.66. The molecule has 7 N–H and O–H groups in total. The summed E-state index contributed by atoms with van der Waals surface area (Å²) in [7, 11) is 0. The van der Waals surface area contributed by atoms with Gasteiger partial charge in [0.2, 0.25) is 0 Å². The molecular formula is C14H21N3O8. The molecule has 1 aromatic heterocycles. The van der Waals surface area contributed by atoms with E-state index in [1.807, 2.05) is 0 Å². The maximum Gasteiger partial charge on any atom is 0.328 e. The second-order valence-electron chi connectivity index (χ2n) is 6.08. The second-order valence-corrected chi connectivity index (χ2v) is 6.08. The van der Waals surface area contributed by atoms with Gasteiger partial charge in [0.1, 0.15) is 30.0 Å². The molecule has 2 rings (SSSR count). The number of hydrogen-bond donors (Lipinski definition) is 6. The number of aromatic amines is 1. The smallest absolute Gasteiger partial charge is 0.328 e. The molecule has 25 heavy (non-hydrogen) atoms. The Morgan fingerprint density at radius 2 is 2.12 bits per heavy atom. The third kappa shape index (κ3) is 3.37. The number of carboxylic acids is 1. The van der Waals surface area contributed by atoms with Crippen molar-refractivity contribution in [2.45, 2.75) is 49.8 Å². The summed E-state index contributed by atoms with van der Waals surface area (Å²) in [5, 5.41) is 38.1. The first-order valence-corrected chi connectivity index (χ1v) is 7.59. The van der Waals surface area contributed by atoms with E-state index in [1.54, 1.807) is 0 Å². The minimum absolute atomic E-state index is 0.140. The van der Waals surface area contributed by atoms with Crippen molar-refractivity contribution in [1.29, 1.82) is 0 Å². The number of carbonyl (C=O) groups is 1. The highest BCUT2D eigenvalue weighted by molar-refractivity contribution is 5.72. The lowest BCUT2D eigenvalue weighted by Gasteiger charge is -2.27. The zero-order valence-electron chi connectivity index (χ0n) is 13.5. The molecule has 1 aromatic rings. The average Bonchev–Trinajstić information content (AvgIpc) is 2.78. The van der Waals surface area contributed by atoms with E-state index in [2.05, 4.69) is 4.98 Å². The number of ether oxygens (including phenoxy) is 1. The molecular weight excluding hydrogens is 338 g/mol. The summed E-state index contributed by atoms with van der Waals surface area (Å²) in [5.41, 5.74) is 1.98. The van der Waals surface area contributed by atoms with Crippen LogP contribution in [0.15, 0.2) is 15.8 Å². The number of aliphatic hydroxyl groups excluding tert-OH is 3. The van der Waals surface area contributed by atoms with Crippen LogP contribution in [0, 0.1) is 0 Å². The summed E-state index contributed by atoms with van der Waals surface area (Å²) >= 11 is 0. The molecule has 0 radical (unpaired) electrons. The number of nitrogens with one attached hydrogen (secondary N) is 1. The molecule has 0 aliphatic carbocycles. The van der Waals surface area contributed by atoms with E-state index < -0.39 is 53.8 Å². The maximum atomic E-state index is 12.6. The van der Waals surface area contributed by atoms with Gasteiger partial charge in [0.25, 0.3) is 5.56 Å². The highest BCUT2D eigenvalue weighted by Crippen LogP contribution is 2.37. The molecule has 0 amide bonds. The highest BCUT2D eigenvalue weighted by Gasteiger charge is 2.53. The zero-order valence-corrected chi connectivity index (χ0v) is 13.5. The summed E-state index contributed by atoms with van der Waals surface area (Å²) in [6.45, 7) is 0.519. The second kappa shape index (κ2) is 7.06. The van der Waals surface area contributed by atoms with E-state index in [4.69, 9.17) is 15.6 Å². The summed E-state index contributed by atoms with van der Waals surface area (Å²) in [6.07, 6.45) is -3.13. The van der Waals surface area contributed by atoms with Gasteiger partial charge in [-0.3, -0.25) is 14.2 Å². The van der Waals surface area contributed by atoms with Gasteiger partial charge in [-0.1, -0.05) is 0 Å². The fraction of sp³-hybridized carbons (Fsp3) is 0.643. The van der Waals surface area contributed by atoms with Crippen LogP contribution in [0.4, 0.5) is 0 Å². The van der Waals surface area contributed by atoms with Gasteiger partial charge in [-0.15, -0.1) is 0 Å². The number of aromatic nitrogens is 2. The van der Waals surface area contributed by atoms with Crippen molar-refractivity contribution in [3.63, 3.8) is 0 Å². The summed E-state index contributed by atoms with van der Waals surface area (Å²) in [5.74, 6) is -1.27. The van der Waals surface area contributed by atoms with Crippen LogP contribution in [0.2, 0.25) is 0 Å². The van der Waals surface area contributed by atoms with Crippen LogP contribution >= 0.6 is 0 Å². The first kappa shape index (κ1) is 19.3. The van der Waals surface area contributed by atoms with Gasteiger partial charge in [-0.05, 0) is 13.3 Å². The molecule has 2 heterocycles. The Hall–Kier alpha value is -2.05. The first-order chi connectivity index (χ1) is 11.6. The van der Waals surface area contributed by atoms with E-state index in [0.717, 1.165) is 10.8 Å². The van der Waals surface area contributed by atoms with Crippen molar-refractivity contribution in [3.05, 3.63) is 32.6 Å². The third-order valence-corrected chi connectivity index (χ3v) is 4.42. The van der Waals surface area contributed by atoms with Crippen LogP contribution in [-0.2, 0) is 21.7 Å². The van der Waals surface area contributed by atoms with Gasteiger partial charge < -0.3 is 35.9 Å². The predicted octanol–water partition coefficient (Wildman–Crippen LogP) is -3.33. The number of H-pyrrole nitrogens is 1. The van der Waals surface area contributed by atoms with Gasteiger partial charge in [-0.2, -0.15) is 0 Å². The molecule has 1 aliphatic rings. The van der Waals surface area contributed by atoms with E-state index in [1.165, 1.54) is 6.92 Å². The number of nitrogens with two attached hydrogens (primary N) is 1. The molecule has 0 aromatic carbocycles. The number of aliphatic hydroxyl groups is 3. The Morgan fingerprint density at radius 3 is 2.64 bits per heavy atom. The van der Waals surface area contributed by atoms with Crippen LogP contribution in [0.5, 0.6) is 0 Å². The highest BCUT2D eigenvalue weighted by atomic mass is 16.6. The largest absolute Gasteiger partial charge is 0.480 e. The van der Waals surface area contributed by atoms with E-state index in [-0.39, 0.29) is 18.5 Å². The van der Waals surface area contributed by atoms with Gasteiger partial charge >= 0.3 is 11.7 Å². The lowest BCUT2D eigenvalue weighted by atomic mass is 9.90. The Morgan fingerprint density at radius 1 is 1.48 bits per heavy atom. The Bertz CT molecular complexity index is 759. The number of aliphatic carboxylic acids is 1. The lowest BCUT2D eigenvalue weighted by molar-refractivity contribution is -0.138. The standard InChI is InChI=1S/C14H21N3O8/c1-14(10(20)9(19)8(5-18)25-14)6-4-16-13(24)17(11(6)21)3-2-7(15)12(22)23/h4,7-10,18-20H,2-3,5,15H2,1H3,(H,16,24)(H,22,23)/t7?,8-,9-,10-,14+/m1/s1. The first-order valence-electron chi connectivity index (χ1n) is 7.59. The molecule has 1 saturated heterocycles. The average molecular weight is 359 g/mol. The topological polar surface area (TPSA) is 188 Å². The summed E-state index contributed by atoms with van der Waals surface area (Å²) in [6, 6.07) is -1.25. The fourth-order valence-corrected chi connectivity index (χ4v) is 2.81. The van der Waals surface area contributed by atoms with Crippen molar-refractivity contribution in [2.75, 3.05) is 6.61 Å². The van der Waals surface area contributed by atoms with Gasteiger partial charge in [0, 0.05) is 12.7 Å². The van der Waals surface area contributed by atoms with Crippen molar-refractivity contribution in [3.8, 4) is 0 Å². The lowest BCUT2D eigenvalue weighted by Crippen LogP contribution is -2.47. The molecule has 0 spiro atoms. The van der Waals surface area contributed by atoms with Crippen molar-refractivity contribution in [2.24, 2.45) is 5.73 Å². The number of carboxylic acid groups (broad SMARTS) is 1. The monoisotopic (exact) mass is 359 g/mol. The van der Waals surface area contributed by atoms with Crippen LogP contribution in [0.25, 0.3) is 0 Å². The maximum absolute atomic E-state index is 12.6. The minimum Gasteiger partial charge on any atom is -0.480 e. The SMILES string of the molecule is C[C@@]1(c2c[nH]c(=O)n(CCC(N)C(=O)O)c2=O)O[C@H](CO)[C@@H](O)[C@H]1O. The van der Waals surface area contributed by atoms with E-state index >= 15 is 0 Å². The Labute approximate surface area is 141 Å². The van der Waals surface area contributed by atoms with Crippen LogP contribution in [-0.4, -0.2) is 66.9 Å². The molecule has 1 unspecified atom stereocenters. The van der Waals surface area contributed by atoms with Crippen LogP contribution in [0.1, 0.15) is 18.9 Å².